The third-order valence-corrected chi connectivity index (χ3v) is 7.88. The van der Waals surface area contributed by atoms with E-state index in [0.717, 1.165) is 43.1 Å². The van der Waals surface area contributed by atoms with Crippen LogP contribution < -0.4 is 31.2 Å². The minimum Gasteiger partial charge on any atom is -0.493 e. The first-order valence-electron chi connectivity index (χ1n) is 12.5. The number of methoxy groups -OCH3 is 2. The summed E-state index contributed by atoms with van der Waals surface area (Å²) in [5.41, 5.74) is 11.5. The molecule has 5 N–H and O–H groups in total. The topological polar surface area (TPSA) is 150 Å². The summed E-state index contributed by atoms with van der Waals surface area (Å²) in [5.74, 6) is -2.11. The molecule has 1 unspecified atom stereocenters. The van der Waals surface area contributed by atoms with Gasteiger partial charge in [0.1, 0.15) is 16.7 Å². The van der Waals surface area contributed by atoms with E-state index in [1.165, 1.54) is 26.4 Å². The summed E-state index contributed by atoms with van der Waals surface area (Å²) in [4.78, 5) is 41.1. The Hall–Kier alpha value is -3.90. The van der Waals surface area contributed by atoms with Gasteiger partial charge in [0, 0.05) is 11.7 Å². The van der Waals surface area contributed by atoms with E-state index < -0.39 is 29.6 Å². The van der Waals surface area contributed by atoms with Crippen molar-refractivity contribution in [3.8, 4) is 11.5 Å². The maximum Gasteiger partial charge on any atom is 0.273 e. The van der Waals surface area contributed by atoms with Crippen LogP contribution in [0.2, 0.25) is 5.02 Å². The highest BCUT2D eigenvalue weighted by Crippen LogP contribution is 2.38. The number of nitrogens with two attached hydrogens (primary N) is 2. The molecule has 3 aromatic rings. The van der Waals surface area contributed by atoms with Crippen molar-refractivity contribution in [2.75, 3.05) is 24.9 Å². The molecule has 2 aromatic carbocycles. The monoisotopic (exact) mass is 589 g/mol. The van der Waals surface area contributed by atoms with Crippen LogP contribution in [-0.2, 0) is 4.79 Å². The Labute approximate surface area is 239 Å². The number of carbonyl (C=O) groups is 3. The molecule has 1 aliphatic carbocycles. The summed E-state index contributed by atoms with van der Waals surface area (Å²) in [5, 5.41) is 2.81. The summed E-state index contributed by atoms with van der Waals surface area (Å²) in [7, 11) is 2.93. The molecule has 1 aromatic heterocycles. The number of nitrogens with one attached hydrogen (secondary N) is 1. The quantitative estimate of drug-likeness (QED) is 0.333. The number of primary amides is 1. The van der Waals surface area contributed by atoms with Gasteiger partial charge >= 0.3 is 0 Å². The average Bonchev–Trinajstić information content (AvgIpc) is 3.34. The summed E-state index contributed by atoms with van der Waals surface area (Å²) >= 11 is 6.78. The maximum absolute atomic E-state index is 14.2. The van der Waals surface area contributed by atoms with Gasteiger partial charge < -0.3 is 26.3 Å². The standard InChI is InChI=1S/C27H29ClFN5O5S/c1-38-19-11-8-14(12-20(19)39-2)23(26(36)32-15-6-4-3-5-7-15)34(16-9-10-18(29)17(28)13-16)27(37)24-21(30)22(25(31)35)33-40-24/h8-13,15,23H,3-7,30H2,1-2H3,(H2,31,35)(H,32,36). The molecule has 3 amide bonds. The molecule has 40 heavy (non-hydrogen) atoms. The SMILES string of the molecule is COc1ccc(C(C(=O)NC2CCCCC2)N(C(=O)c2snc(C(N)=O)c2N)c2ccc(F)c(Cl)c2)cc1OC. The van der Waals surface area contributed by atoms with Crippen LogP contribution in [0, 0.1) is 5.82 Å². The van der Waals surface area contributed by atoms with Crippen molar-refractivity contribution in [2.45, 2.75) is 44.2 Å². The molecule has 1 fully saturated rings. The Morgan fingerprint density at radius 2 is 1.80 bits per heavy atom. The van der Waals surface area contributed by atoms with E-state index in [1.807, 2.05) is 0 Å². The van der Waals surface area contributed by atoms with Crippen molar-refractivity contribution >= 4 is 52.2 Å². The van der Waals surface area contributed by atoms with Crippen LogP contribution in [0.4, 0.5) is 15.8 Å². The van der Waals surface area contributed by atoms with Gasteiger partial charge in [-0.3, -0.25) is 19.3 Å². The predicted molar refractivity (Wildman–Crippen MR) is 151 cm³/mol. The van der Waals surface area contributed by atoms with Gasteiger partial charge in [-0.2, -0.15) is 4.37 Å². The van der Waals surface area contributed by atoms with Crippen LogP contribution >= 0.6 is 23.1 Å². The van der Waals surface area contributed by atoms with Crippen LogP contribution in [0.3, 0.4) is 0 Å². The minimum absolute atomic E-state index is 0.0902. The molecule has 0 radical (unpaired) electrons. The highest BCUT2D eigenvalue weighted by Gasteiger charge is 2.37. The van der Waals surface area contributed by atoms with Gasteiger partial charge in [-0.15, -0.1) is 0 Å². The van der Waals surface area contributed by atoms with Gasteiger partial charge in [-0.1, -0.05) is 36.9 Å². The third kappa shape index (κ3) is 5.97. The van der Waals surface area contributed by atoms with Crippen LogP contribution in [0.5, 0.6) is 11.5 Å². The van der Waals surface area contributed by atoms with Gasteiger partial charge in [0.2, 0.25) is 5.91 Å². The summed E-state index contributed by atoms with van der Waals surface area (Å²) in [6.07, 6.45) is 4.61. The number of nitrogen functional groups attached to an aromatic ring is 1. The number of nitrogens with zero attached hydrogens (tertiary/aromatic N) is 2. The number of carbonyl (C=O) groups excluding carboxylic acids is 3. The summed E-state index contributed by atoms with van der Waals surface area (Å²) in [6.45, 7) is 0. The maximum atomic E-state index is 14.2. The molecule has 0 saturated heterocycles. The smallest absolute Gasteiger partial charge is 0.273 e. The molecule has 1 heterocycles. The number of rotatable bonds is 9. The lowest BCUT2D eigenvalue weighted by molar-refractivity contribution is -0.123. The minimum atomic E-state index is -1.28. The van der Waals surface area contributed by atoms with E-state index in [9.17, 15) is 18.8 Å². The van der Waals surface area contributed by atoms with Crippen molar-refractivity contribution in [3.63, 3.8) is 0 Å². The van der Waals surface area contributed by atoms with E-state index in [4.69, 9.17) is 32.5 Å². The lowest BCUT2D eigenvalue weighted by Crippen LogP contribution is -2.47. The fraction of sp³-hybridized carbons (Fsp3) is 0.333. The van der Waals surface area contributed by atoms with E-state index in [0.29, 0.717) is 28.6 Å². The first-order valence-corrected chi connectivity index (χ1v) is 13.7. The summed E-state index contributed by atoms with van der Waals surface area (Å²) < 4.78 is 28.9. The molecule has 0 aliphatic heterocycles. The van der Waals surface area contributed by atoms with Crippen molar-refractivity contribution < 1.29 is 28.2 Å². The Morgan fingerprint density at radius 3 is 2.40 bits per heavy atom. The fourth-order valence-corrected chi connectivity index (χ4v) is 5.64. The van der Waals surface area contributed by atoms with E-state index >= 15 is 0 Å². The molecule has 1 atom stereocenters. The molecule has 0 bridgehead atoms. The number of anilines is 2. The fourth-order valence-electron chi connectivity index (χ4n) is 4.72. The highest BCUT2D eigenvalue weighted by molar-refractivity contribution is 7.09. The lowest BCUT2D eigenvalue weighted by Gasteiger charge is -2.33. The predicted octanol–water partition coefficient (Wildman–Crippen LogP) is 4.47. The average molecular weight is 590 g/mol. The molecule has 4 rings (SSSR count). The van der Waals surface area contributed by atoms with Gasteiger partial charge in [0.05, 0.1) is 24.9 Å². The van der Waals surface area contributed by atoms with Crippen LogP contribution in [0.25, 0.3) is 0 Å². The molecule has 0 spiro atoms. The third-order valence-electron chi connectivity index (χ3n) is 6.74. The van der Waals surface area contributed by atoms with Crippen LogP contribution in [0.1, 0.15) is 63.9 Å². The number of aromatic nitrogens is 1. The second kappa shape index (κ2) is 12.5. The van der Waals surface area contributed by atoms with Crippen LogP contribution in [0.15, 0.2) is 36.4 Å². The number of hydrogen-bond donors (Lipinski definition) is 3. The normalized spacial score (nSPS) is 14.3. The van der Waals surface area contributed by atoms with Crippen molar-refractivity contribution in [2.24, 2.45) is 5.73 Å². The highest BCUT2D eigenvalue weighted by atomic mass is 35.5. The summed E-state index contributed by atoms with van der Waals surface area (Å²) in [6, 6.07) is 7.11. The number of ether oxygens (including phenoxy) is 2. The molecule has 10 nitrogen and oxygen atoms in total. The van der Waals surface area contributed by atoms with Crippen molar-refractivity contribution in [1.82, 2.24) is 9.69 Å². The molecular weight excluding hydrogens is 561 g/mol. The Bertz CT molecular complexity index is 1430. The molecular formula is C27H29ClFN5O5S. The largest absolute Gasteiger partial charge is 0.493 e. The second-order valence-electron chi connectivity index (χ2n) is 9.27. The zero-order valence-electron chi connectivity index (χ0n) is 21.9. The van der Waals surface area contributed by atoms with Crippen molar-refractivity contribution in [1.29, 1.82) is 0 Å². The Balaban J connectivity index is 1.91. The second-order valence-corrected chi connectivity index (χ2v) is 10.5. The van der Waals surface area contributed by atoms with Gasteiger partial charge in [0.25, 0.3) is 11.8 Å². The number of halogens is 2. The van der Waals surface area contributed by atoms with E-state index in [1.54, 1.807) is 18.2 Å². The zero-order valence-corrected chi connectivity index (χ0v) is 23.5. The number of benzene rings is 2. The molecule has 1 saturated carbocycles. The van der Waals surface area contributed by atoms with Gasteiger partial charge in [-0.25, -0.2) is 4.39 Å². The molecule has 212 valence electrons. The molecule has 13 heteroatoms. The number of hydrogen-bond acceptors (Lipinski definition) is 8. The Morgan fingerprint density at radius 1 is 1.10 bits per heavy atom. The van der Waals surface area contributed by atoms with Crippen LogP contribution in [-0.4, -0.2) is 42.4 Å². The molecule has 1 aliphatic rings. The Kier molecular flexibility index (Phi) is 9.10. The van der Waals surface area contributed by atoms with Gasteiger partial charge in [0.15, 0.2) is 17.2 Å². The first kappa shape index (κ1) is 29.1. The van der Waals surface area contributed by atoms with Gasteiger partial charge in [-0.05, 0) is 60.3 Å². The van der Waals surface area contributed by atoms with Crippen molar-refractivity contribution in [3.05, 3.63) is 63.4 Å². The number of amides is 3. The zero-order chi connectivity index (χ0) is 29.0. The van der Waals surface area contributed by atoms with E-state index in [-0.39, 0.29) is 33.0 Å². The lowest BCUT2D eigenvalue weighted by atomic mass is 9.94. The van der Waals surface area contributed by atoms with E-state index in [2.05, 4.69) is 9.69 Å². The first-order chi connectivity index (χ1) is 19.2.